The van der Waals surface area contributed by atoms with Gasteiger partial charge in [-0.15, -0.1) is 0 Å². The molecule has 1 aliphatic heterocycles. The van der Waals surface area contributed by atoms with Crippen molar-refractivity contribution < 1.29 is 13.9 Å². The van der Waals surface area contributed by atoms with Crippen LogP contribution in [0.15, 0.2) is 54.9 Å². The number of rotatable bonds is 7. The molecule has 0 bridgehead atoms. The van der Waals surface area contributed by atoms with Crippen molar-refractivity contribution in [2.24, 2.45) is 0 Å². The molecule has 32 heavy (non-hydrogen) atoms. The van der Waals surface area contributed by atoms with Crippen LogP contribution < -0.4 is 10.2 Å². The summed E-state index contributed by atoms with van der Waals surface area (Å²) in [5.41, 5.74) is 4.08. The van der Waals surface area contributed by atoms with Crippen molar-refractivity contribution in [1.29, 1.82) is 0 Å². The molecule has 7 heteroatoms. The third kappa shape index (κ3) is 3.73. The Morgan fingerprint density at radius 3 is 2.69 bits per heavy atom. The number of nitrogens with zero attached hydrogens (tertiary/aromatic N) is 3. The van der Waals surface area contributed by atoms with Crippen molar-refractivity contribution in [1.82, 2.24) is 15.3 Å². The van der Waals surface area contributed by atoms with Crippen molar-refractivity contribution in [2.75, 3.05) is 31.7 Å². The lowest BCUT2D eigenvalue weighted by molar-refractivity contribution is 0.0948. The molecule has 0 radical (unpaired) electrons. The number of halogens is 1. The van der Waals surface area contributed by atoms with Gasteiger partial charge in [0.15, 0.2) is 0 Å². The van der Waals surface area contributed by atoms with Crippen LogP contribution >= 0.6 is 0 Å². The second kappa shape index (κ2) is 8.31. The Morgan fingerprint density at radius 1 is 1.19 bits per heavy atom. The lowest BCUT2D eigenvalue weighted by Crippen LogP contribution is -2.25. The number of hydrogen-bond donors (Lipinski definition) is 1. The number of amides is 1. The minimum Gasteiger partial charge on any atom is -0.385 e. The third-order valence-corrected chi connectivity index (χ3v) is 6.31. The van der Waals surface area contributed by atoms with Crippen LogP contribution in [0.25, 0.3) is 11.1 Å². The van der Waals surface area contributed by atoms with Crippen LogP contribution in [0.2, 0.25) is 0 Å². The molecule has 1 spiro atoms. The number of ether oxygens (including phenoxy) is 1. The van der Waals surface area contributed by atoms with Gasteiger partial charge in [0.1, 0.15) is 5.82 Å². The Morgan fingerprint density at radius 2 is 1.97 bits per heavy atom. The predicted molar refractivity (Wildman–Crippen MR) is 121 cm³/mol. The number of nitrogens with one attached hydrogen (secondary N) is 1. The van der Waals surface area contributed by atoms with Gasteiger partial charge in [-0.1, -0.05) is 24.3 Å². The van der Waals surface area contributed by atoms with Crippen LogP contribution in [0.5, 0.6) is 0 Å². The fourth-order valence-electron chi connectivity index (χ4n) is 4.39. The largest absolute Gasteiger partial charge is 0.385 e. The van der Waals surface area contributed by atoms with Gasteiger partial charge in [-0.3, -0.25) is 4.79 Å². The van der Waals surface area contributed by atoms with Crippen molar-refractivity contribution in [3.63, 3.8) is 0 Å². The zero-order chi connectivity index (χ0) is 22.1. The summed E-state index contributed by atoms with van der Waals surface area (Å²) in [6, 6.07) is 12.5. The molecule has 0 unspecified atom stereocenters. The van der Waals surface area contributed by atoms with E-state index in [4.69, 9.17) is 4.74 Å². The van der Waals surface area contributed by atoms with Gasteiger partial charge in [0, 0.05) is 67.0 Å². The maximum absolute atomic E-state index is 14.1. The molecule has 1 fully saturated rings. The molecular formula is C25H25FN4O2. The van der Waals surface area contributed by atoms with Crippen LogP contribution in [0.4, 0.5) is 16.0 Å². The molecular weight excluding hydrogens is 407 g/mol. The maximum Gasteiger partial charge on any atom is 0.251 e. The van der Waals surface area contributed by atoms with Gasteiger partial charge < -0.3 is 15.0 Å². The zero-order valence-corrected chi connectivity index (χ0v) is 18.0. The van der Waals surface area contributed by atoms with Gasteiger partial charge in [0.2, 0.25) is 5.95 Å². The smallest absolute Gasteiger partial charge is 0.251 e. The SMILES string of the molecule is COCCCNC(=O)c1ccc2c(c1)N(c1ncc(-c3ccccc3F)cn1)CC21CC1. The van der Waals surface area contributed by atoms with E-state index in [0.717, 1.165) is 31.5 Å². The van der Waals surface area contributed by atoms with E-state index in [9.17, 15) is 9.18 Å². The standard InChI is InChI=1S/C25H25FN4O2/c1-32-12-4-11-27-23(31)17-7-8-20-22(13-17)30(16-25(20)9-10-25)24-28-14-18(15-29-24)19-5-2-3-6-21(19)26/h2-3,5-8,13-15H,4,9-12,16H2,1H3,(H,27,31). The molecule has 5 rings (SSSR count). The molecule has 2 aliphatic rings. The fraction of sp³-hybridized carbons (Fsp3) is 0.320. The highest BCUT2D eigenvalue weighted by atomic mass is 19.1. The first kappa shape index (κ1) is 20.6. The molecule has 1 aromatic heterocycles. The average Bonchev–Trinajstić information content (AvgIpc) is 3.53. The van der Waals surface area contributed by atoms with Crippen LogP contribution in [0, 0.1) is 5.82 Å². The zero-order valence-electron chi connectivity index (χ0n) is 18.0. The molecule has 6 nitrogen and oxygen atoms in total. The Bertz CT molecular complexity index is 1140. The van der Waals surface area contributed by atoms with Gasteiger partial charge >= 0.3 is 0 Å². The molecule has 0 atom stereocenters. The number of aromatic nitrogens is 2. The first-order valence-corrected chi connectivity index (χ1v) is 10.9. The highest BCUT2D eigenvalue weighted by molar-refractivity contribution is 5.96. The van der Waals surface area contributed by atoms with Crippen molar-refractivity contribution in [3.8, 4) is 11.1 Å². The molecule has 0 saturated heterocycles. The van der Waals surface area contributed by atoms with Gasteiger partial charge in [0.05, 0.1) is 0 Å². The molecule has 2 aromatic carbocycles. The number of anilines is 2. The van der Waals surface area contributed by atoms with Crippen molar-refractivity contribution in [3.05, 3.63) is 71.8 Å². The highest BCUT2D eigenvalue weighted by Crippen LogP contribution is 2.57. The second-order valence-electron chi connectivity index (χ2n) is 8.45. The fourth-order valence-corrected chi connectivity index (χ4v) is 4.39. The van der Waals surface area contributed by atoms with E-state index < -0.39 is 0 Å². The number of hydrogen-bond acceptors (Lipinski definition) is 5. The number of fused-ring (bicyclic) bond motifs is 2. The molecule has 1 N–H and O–H groups in total. The molecule has 2 heterocycles. The van der Waals surface area contributed by atoms with E-state index in [1.165, 1.54) is 11.6 Å². The van der Waals surface area contributed by atoms with Gasteiger partial charge in [-0.2, -0.15) is 0 Å². The quantitative estimate of drug-likeness (QED) is 0.566. The van der Waals surface area contributed by atoms with E-state index in [2.05, 4.69) is 26.3 Å². The Kier molecular flexibility index (Phi) is 5.35. The lowest BCUT2D eigenvalue weighted by atomic mass is 9.97. The summed E-state index contributed by atoms with van der Waals surface area (Å²) in [5, 5.41) is 2.94. The van der Waals surface area contributed by atoms with Crippen LogP contribution in [0.1, 0.15) is 35.2 Å². The van der Waals surface area contributed by atoms with Crippen LogP contribution in [-0.4, -0.2) is 42.7 Å². The van der Waals surface area contributed by atoms with E-state index in [1.54, 1.807) is 37.7 Å². The first-order chi connectivity index (χ1) is 15.6. The van der Waals surface area contributed by atoms with Crippen LogP contribution in [0.3, 0.4) is 0 Å². The lowest BCUT2D eigenvalue weighted by Gasteiger charge is -2.18. The summed E-state index contributed by atoms with van der Waals surface area (Å²) in [7, 11) is 1.65. The van der Waals surface area contributed by atoms with Gasteiger partial charge in [0.25, 0.3) is 5.91 Å². The number of carbonyl (C=O) groups is 1. The molecule has 1 saturated carbocycles. The van der Waals surface area contributed by atoms with Crippen molar-refractivity contribution >= 4 is 17.5 Å². The van der Waals surface area contributed by atoms with Gasteiger partial charge in [-0.05, 0) is 43.0 Å². The molecule has 1 amide bonds. The summed E-state index contributed by atoms with van der Waals surface area (Å²) >= 11 is 0. The summed E-state index contributed by atoms with van der Waals surface area (Å²) in [4.78, 5) is 23.8. The maximum atomic E-state index is 14.1. The minimum absolute atomic E-state index is 0.101. The Balaban J connectivity index is 1.41. The Hall–Kier alpha value is -3.32. The van der Waals surface area contributed by atoms with E-state index in [-0.39, 0.29) is 17.1 Å². The van der Waals surface area contributed by atoms with Crippen molar-refractivity contribution in [2.45, 2.75) is 24.7 Å². The molecule has 3 aromatic rings. The van der Waals surface area contributed by atoms with E-state index in [0.29, 0.717) is 35.8 Å². The summed E-state index contributed by atoms with van der Waals surface area (Å²) in [5.74, 6) is 0.164. The molecule has 164 valence electrons. The monoisotopic (exact) mass is 432 g/mol. The first-order valence-electron chi connectivity index (χ1n) is 10.9. The van der Waals surface area contributed by atoms with E-state index >= 15 is 0 Å². The summed E-state index contributed by atoms with van der Waals surface area (Å²) < 4.78 is 19.2. The van der Waals surface area contributed by atoms with Crippen LogP contribution in [-0.2, 0) is 10.2 Å². The number of methoxy groups -OCH3 is 1. The van der Waals surface area contributed by atoms with E-state index in [1.807, 2.05) is 12.1 Å². The number of benzene rings is 2. The summed E-state index contributed by atoms with van der Waals surface area (Å²) in [6.45, 7) is 1.97. The highest BCUT2D eigenvalue weighted by Gasteiger charge is 2.52. The second-order valence-corrected chi connectivity index (χ2v) is 8.45. The molecule has 1 aliphatic carbocycles. The predicted octanol–water partition coefficient (Wildman–Crippen LogP) is 4.23. The van der Waals surface area contributed by atoms with Gasteiger partial charge in [-0.25, -0.2) is 14.4 Å². The minimum atomic E-state index is -0.298. The average molecular weight is 432 g/mol. The topological polar surface area (TPSA) is 67.3 Å². The Labute approximate surface area is 186 Å². The number of carbonyl (C=O) groups excluding carboxylic acids is 1. The third-order valence-electron chi connectivity index (χ3n) is 6.31. The normalized spacial score (nSPS) is 15.6. The summed E-state index contributed by atoms with van der Waals surface area (Å²) in [6.07, 6.45) is 6.32.